The fraction of sp³-hybridized carbons (Fsp3) is 0.231. The molecule has 16 heavy (non-hydrogen) atoms. The number of nitrogens with zero attached hydrogens (tertiary/aromatic N) is 2. The van der Waals surface area contributed by atoms with Gasteiger partial charge in [-0.15, -0.1) is 0 Å². The molecule has 2 aromatic rings. The predicted octanol–water partition coefficient (Wildman–Crippen LogP) is 3.72. The second kappa shape index (κ2) is 4.22. The van der Waals surface area contributed by atoms with Gasteiger partial charge < -0.3 is 0 Å². The van der Waals surface area contributed by atoms with E-state index in [1.807, 2.05) is 26.0 Å². The Morgan fingerprint density at radius 1 is 1.00 bits per heavy atom. The van der Waals surface area contributed by atoms with Gasteiger partial charge in [-0.3, -0.25) is 0 Å². The maximum absolute atomic E-state index is 6.07. The Kier molecular flexibility index (Phi) is 2.92. The van der Waals surface area contributed by atoms with Crippen LogP contribution in [0.4, 0.5) is 0 Å². The predicted molar refractivity (Wildman–Crippen MR) is 66.7 cm³/mol. The number of aromatic nitrogens is 2. The third-order valence-corrected chi connectivity index (χ3v) is 2.97. The van der Waals surface area contributed by atoms with Crippen LogP contribution in [0, 0.1) is 20.8 Å². The summed E-state index contributed by atoms with van der Waals surface area (Å²) < 4.78 is 0. The zero-order valence-corrected chi connectivity index (χ0v) is 10.3. The Hall–Kier alpha value is -1.41. The summed E-state index contributed by atoms with van der Waals surface area (Å²) in [5.74, 6) is 0.703. The summed E-state index contributed by atoms with van der Waals surface area (Å²) >= 11 is 6.07. The normalized spacial score (nSPS) is 10.5. The molecule has 0 atom stereocenters. The summed E-state index contributed by atoms with van der Waals surface area (Å²) in [7, 11) is 0. The summed E-state index contributed by atoms with van der Waals surface area (Å²) in [6.45, 7) is 5.87. The van der Waals surface area contributed by atoms with Gasteiger partial charge in [-0.05, 0) is 26.3 Å². The zero-order chi connectivity index (χ0) is 11.7. The van der Waals surface area contributed by atoms with E-state index in [9.17, 15) is 0 Å². The van der Waals surface area contributed by atoms with Crippen molar-refractivity contribution in [1.29, 1.82) is 0 Å². The number of hydrogen-bond donors (Lipinski definition) is 0. The van der Waals surface area contributed by atoms with Crippen molar-refractivity contribution in [3.05, 3.63) is 46.4 Å². The number of halogens is 1. The molecule has 1 heterocycles. The van der Waals surface area contributed by atoms with E-state index < -0.39 is 0 Å². The number of hydrogen-bond acceptors (Lipinski definition) is 2. The molecule has 0 radical (unpaired) electrons. The van der Waals surface area contributed by atoms with Crippen molar-refractivity contribution in [2.75, 3.05) is 0 Å². The van der Waals surface area contributed by atoms with E-state index >= 15 is 0 Å². The molecule has 0 aliphatic carbocycles. The molecule has 0 aliphatic heterocycles. The molecule has 0 saturated heterocycles. The van der Waals surface area contributed by atoms with E-state index in [1.54, 1.807) is 0 Å². The molecular formula is C13H13ClN2. The van der Waals surface area contributed by atoms with Crippen LogP contribution in [0.3, 0.4) is 0 Å². The molecular weight excluding hydrogens is 220 g/mol. The zero-order valence-electron chi connectivity index (χ0n) is 9.58. The smallest absolute Gasteiger partial charge is 0.136 e. The topological polar surface area (TPSA) is 25.8 Å². The Morgan fingerprint density at radius 2 is 1.69 bits per heavy atom. The first kappa shape index (κ1) is 11.1. The minimum absolute atomic E-state index is 0.533. The van der Waals surface area contributed by atoms with E-state index in [0.717, 1.165) is 16.8 Å². The Bertz CT molecular complexity index is 535. The molecule has 1 aromatic carbocycles. The highest BCUT2D eigenvalue weighted by Crippen LogP contribution is 2.27. The van der Waals surface area contributed by atoms with E-state index in [2.05, 4.69) is 29.0 Å². The molecule has 0 spiro atoms. The van der Waals surface area contributed by atoms with E-state index in [-0.39, 0.29) is 0 Å². The molecule has 0 fully saturated rings. The minimum Gasteiger partial charge on any atom is -0.233 e. The Morgan fingerprint density at radius 3 is 2.38 bits per heavy atom. The van der Waals surface area contributed by atoms with Crippen LogP contribution in [-0.4, -0.2) is 9.97 Å². The van der Waals surface area contributed by atoms with Crippen molar-refractivity contribution in [2.24, 2.45) is 0 Å². The first-order valence-corrected chi connectivity index (χ1v) is 5.54. The lowest BCUT2D eigenvalue weighted by molar-refractivity contribution is 1.04. The lowest BCUT2D eigenvalue weighted by Gasteiger charge is -2.09. The monoisotopic (exact) mass is 232 g/mol. The van der Waals surface area contributed by atoms with Crippen molar-refractivity contribution >= 4 is 11.6 Å². The molecule has 0 N–H and O–H groups in total. The number of aryl methyl sites for hydroxylation is 2. The summed E-state index contributed by atoms with van der Waals surface area (Å²) in [4.78, 5) is 8.61. The first-order valence-electron chi connectivity index (χ1n) is 5.16. The fourth-order valence-corrected chi connectivity index (χ4v) is 1.91. The maximum atomic E-state index is 6.07. The maximum Gasteiger partial charge on any atom is 0.136 e. The third kappa shape index (κ3) is 1.93. The average Bonchev–Trinajstić information content (AvgIpc) is 2.24. The molecule has 1 aromatic heterocycles. The highest BCUT2D eigenvalue weighted by atomic mass is 35.5. The van der Waals surface area contributed by atoms with Gasteiger partial charge in [0.25, 0.3) is 0 Å². The van der Waals surface area contributed by atoms with E-state index in [1.165, 1.54) is 5.56 Å². The SMILES string of the molecule is Cc1nc(Cl)c(C)c(-c2ccccc2C)n1. The van der Waals surface area contributed by atoms with Gasteiger partial charge in [-0.25, -0.2) is 9.97 Å². The lowest BCUT2D eigenvalue weighted by atomic mass is 10.0. The molecule has 0 amide bonds. The van der Waals surface area contributed by atoms with Gasteiger partial charge in [0.05, 0.1) is 5.69 Å². The van der Waals surface area contributed by atoms with Crippen LogP contribution in [0.25, 0.3) is 11.3 Å². The second-order valence-corrected chi connectivity index (χ2v) is 4.21. The molecule has 2 rings (SSSR count). The first-order chi connectivity index (χ1) is 7.59. The second-order valence-electron chi connectivity index (χ2n) is 3.85. The van der Waals surface area contributed by atoms with Crippen LogP contribution in [0.5, 0.6) is 0 Å². The molecule has 0 saturated carbocycles. The quantitative estimate of drug-likeness (QED) is 0.701. The van der Waals surface area contributed by atoms with Crippen LogP contribution in [0.2, 0.25) is 5.15 Å². The molecule has 0 bridgehead atoms. The van der Waals surface area contributed by atoms with Crippen molar-refractivity contribution in [1.82, 2.24) is 9.97 Å². The van der Waals surface area contributed by atoms with Crippen molar-refractivity contribution in [3.63, 3.8) is 0 Å². The number of rotatable bonds is 1. The van der Waals surface area contributed by atoms with Gasteiger partial charge in [-0.2, -0.15) is 0 Å². The molecule has 0 unspecified atom stereocenters. The molecule has 0 aliphatic rings. The van der Waals surface area contributed by atoms with E-state index in [0.29, 0.717) is 11.0 Å². The van der Waals surface area contributed by atoms with Crippen molar-refractivity contribution in [3.8, 4) is 11.3 Å². The standard InChI is InChI=1S/C13H13ClN2/c1-8-6-4-5-7-11(8)12-9(2)13(14)16-10(3)15-12/h4-7H,1-3H3. The van der Waals surface area contributed by atoms with Crippen LogP contribution >= 0.6 is 11.6 Å². The van der Waals surface area contributed by atoms with Crippen LogP contribution in [0.15, 0.2) is 24.3 Å². The lowest BCUT2D eigenvalue weighted by Crippen LogP contribution is -1.97. The molecule has 82 valence electrons. The fourth-order valence-electron chi connectivity index (χ4n) is 1.70. The summed E-state index contributed by atoms with van der Waals surface area (Å²) in [5.41, 5.74) is 4.17. The van der Waals surface area contributed by atoms with Gasteiger partial charge in [0.1, 0.15) is 11.0 Å². The van der Waals surface area contributed by atoms with Gasteiger partial charge in [0.2, 0.25) is 0 Å². The highest BCUT2D eigenvalue weighted by Gasteiger charge is 2.10. The largest absolute Gasteiger partial charge is 0.233 e. The van der Waals surface area contributed by atoms with Crippen LogP contribution in [0.1, 0.15) is 17.0 Å². The molecule has 3 heteroatoms. The van der Waals surface area contributed by atoms with Gasteiger partial charge >= 0.3 is 0 Å². The van der Waals surface area contributed by atoms with Crippen LogP contribution in [-0.2, 0) is 0 Å². The van der Waals surface area contributed by atoms with Gasteiger partial charge in [0, 0.05) is 11.1 Å². The minimum atomic E-state index is 0.533. The third-order valence-electron chi connectivity index (χ3n) is 2.60. The van der Waals surface area contributed by atoms with Crippen LogP contribution < -0.4 is 0 Å². The summed E-state index contributed by atoms with van der Waals surface area (Å²) in [5, 5.41) is 0.533. The molecule has 2 nitrogen and oxygen atoms in total. The summed E-state index contributed by atoms with van der Waals surface area (Å²) in [6.07, 6.45) is 0. The van der Waals surface area contributed by atoms with Crippen molar-refractivity contribution in [2.45, 2.75) is 20.8 Å². The van der Waals surface area contributed by atoms with Crippen molar-refractivity contribution < 1.29 is 0 Å². The Labute approximate surface area is 100 Å². The van der Waals surface area contributed by atoms with Gasteiger partial charge in [0.15, 0.2) is 0 Å². The van der Waals surface area contributed by atoms with E-state index in [4.69, 9.17) is 11.6 Å². The highest BCUT2D eigenvalue weighted by molar-refractivity contribution is 6.30. The Balaban J connectivity index is 2.69. The average molecular weight is 233 g/mol. The summed E-state index contributed by atoms with van der Waals surface area (Å²) in [6, 6.07) is 8.15. The number of benzene rings is 1. The van der Waals surface area contributed by atoms with Gasteiger partial charge in [-0.1, -0.05) is 35.9 Å².